The first kappa shape index (κ1) is 16.0. The second-order valence-corrected chi connectivity index (χ2v) is 5.36. The van der Waals surface area contributed by atoms with Crippen LogP contribution in [0, 0.1) is 0 Å². The average molecular weight is 328 g/mol. The summed E-state index contributed by atoms with van der Waals surface area (Å²) in [5, 5.41) is 9.17. The molecule has 0 radical (unpaired) electrons. The molecule has 0 fully saturated rings. The number of aryl methyl sites for hydroxylation is 2. The molecule has 0 unspecified atom stereocenters. The molecule has 1 aromatic carbocycles. The summed E-state index contributed by atoms with van der Waals surface area (Å²) >= 11 is 12.4. The average Bonchev–Trinajstić information content (AvgIpc) is 2.82. The van der Waals surface area contributed by atoms with Crippen LogP contribution in [0.15, 0.2) is 18.2 Å². The number of hydrogen-bond donors (Lipinski definition) is 1. The highest BCUT2D eigenvalue weighted by Crippen LogP contribution is 2.28. The van der Waals surface area contributed by atoms with Crippen LogP contribution in [0.5, 0.6) is 5.75 Å². The molecule has 0 aliphatic heterocycles. The standard InChI is InChI=1S/C15H19Cl2N3O/c1-4-12-15(17)13(20(5-2)19-12)9-18-10-6-7-11(16)14(8-10)21-3/h6-8,18H,4-5,9H2,1-3H3. The number of ether oxygens (including phenoxy) is 1. The van der Waals surface area contributed by atoms with Crippen molar-refractivity contribution >= 4 is 28.9 Å². The lowest BCUT2D eigenvalue weighted by atomic mass is 10.2. The first-order valence-electron chi connectivity index (χ1n) is 6.92. The summed E-state index contributed by atoms with van der Waals surface area (Å²) in [7, 11) is 1.60. The molecule has 0 aliphatic carbocycles. The Hall–Kier alpha value is -1.39. The van der Waals surface area contributed by atoms with E-state index in [0.29, 0.717) is 17.3 Å². The van der Waals surface area contributed by atoms with Crippen LogP contribution in [-0.4, -0.2) is 16.9 Å². The fourth-order valence-corrected chi connectivity index (χ4v) is 2.67. The van der Waals surface area contributed by atoms with E-state index in [2.05, 4.69) is 24.3 Å². The van der Waals surface area contributed by atoms with E-state index < -0.39 is 0 Å². The first-order chi connectivity index (χ1) is 10.1. The van der Waals surface area contributed by atoms with Crippen molar-refractivity contribution < 1.29 is 4.74 Å². The lowest BCUT2D eigenvalue weighted by molar-refractivity contribution is 0.415. The Labute approximate surface area is 135 Å². The molecule has 6 heteroatoms. The highest BCUT2D eigenvalue weighted by atomic mass is 35.5. The number of halogens is 2. The molecule has 0 saturated heterocycles. The molecule has 0 spiro atoms. The van der Waals surface area contributed by atoms with Gasteiger partial charge >= 0.3 is 0 Å². The topological polar surface area (TPSA) is 39.1 Å². The highest BCUT2D eigenvalue weighted by molar-refractivity contribution is 6.32. The zero-order valence-corrected chi connectivity index (χ0v) is 13.9. The Morgan fingerprint density at radius 1 is 1.29 bits per heavy atom. The number of benzene rings is 1. The zero-order valence-electron chi connectivity index (χ0n) is 12.4. The maximum absolute atomic E-state index is 6.39. The molecule has 0 aliphatic rings. The van der Waals surface area contributed by atoms with Gasteiger partial charge < -0.3 is 10.1 Å². The fourth-order valence-electron chi connectivity index (χ4n) is 2.14. The van der Waals surface area contributed by atoms with Gasteiger partial charge in [0, 0.05) is 18.3 Å². The number of nitrogens with zero attached hydrogens (tertiary/aromatic N) is 2. The van der Waals surface area contributed by atoms with Crippen molar-refractivity contribution in [3.05, 3.63) is 39.6 Å². The zero-order chi connectivity index (χ0) is 15.4. The van der Waals surface area contributed by atoms with Crippen LogP contribution >= 0.6 is 23.2 Å². The summed E-state index contributed by atoms with van der Waals surface area (Å²) < 4.78 is 7.14. The van der Waals surface area contributed by atoms with Crippen molar-refractivity contribution in [2.75, 3.05) is 12.4 Å². The minimum absolute atomic E-state index is 0.591. The third-order valence-electron chi connectivity index (χ3n) is 3.31. The predicted molar refractivity (Wildman–Crippen MR) is 87.6 cm³/mol. The van der Waals surface area contributed by atoms with E-state index >= 15 is 0 Å². The molecule has 2 aromatic rings. The van der Waals surface area contributed by atoms with Crippen LogP contribution in [0.3, 0.4) is 0 Å². The second kappa shape index (κ2) is 7.05. The van der Waals surface area contributed by atoms with E-state index in [0.717, 1.165) is 35.1 Å². The predicted octanol–water partition coefficient (Wildman–Crippen LogP) is 4.39. The van der Waals surface area contributed by atoms with Crippen molar-refractivity contribution in [2.45, 2.75) is 33.4 Å². The van der Waals surface area contributed by atoms with Crippen LogP contribution in [0.2, 0.25) is 10.0 Å². The van der Waals surface area contributed by atoms with Crippen LogP contribution in [0.1, 0.15) is 25.2 Å². The summed E-state index contributed by atoms with van der Waals surface area (Å²) in [5.74, 6) is 0.644. The Balaban J connectivity index is 2.18. The van der Waals surface area contributed by atoms with E-state index in [1.165, 1.54) is 0 Å². The maximum atomic E-state index is 6.39. The summed E-state index contributed by atoms with van der Waals surface area (Å²) in [6.45, 7) is 5.50. The Bertz CT molecular complexity index is 626. The molecule has 1 heterocycles. The number of hydrogen-bond acceptors (Lipinski definition) is 3. The molecule has 1 aromatic heterocycles. The van der Waals surface area contributed by atoms with Crippen molar-refractivity contribution in [3.8, 4) is 5.75 Å². The number of methoxy groups -OCH3 is 1. The third kappa shape index (κ3) is 3.44. The summed E-state index contributed by atoms with van der Waals surface area (Å²) in [5.41, 5.74) is 2.85. The molecule has 1 N–H and O–H groups in total. The van der Waals surface area contributed by atoms with E-state index in [9.17, 15) is 0 Å². The number of aromatic nitrogens is 2. The van der Waals surface area contributed by atoms with Gasteiger partial charge in [0.1, 0.15) is 5.75 Å². The second-order valence-electron chi connectivity index (χ2n) is 4.58. The van der Waals surface area contributed by atoms with Gasteiger partial charge in [0.2, 0.25) is 0 Å². The van der Waals surface area contributed by atoms with Gasteiger partial charge in [-0.3, -0.25) is 4.68 Å². The first-order valence-corrected chi connectivity index (χ1v) is 7.67. The quantitative estimate of drug-likeness (QED) is 0.855. The monoisotopic (exact) mass is 327 g/mol. The van der Waals surface area contributed by atoms with Crippen molar-refractivity contribution in [1.82, 2.24) is 9.78 Å². The number of nitrogens with one attached hydrogen (secondary N) is 1. The highest BCUT2D eigenvalue weighted by Gasteiger charge is 2.14. The van der Waals surface area contributed by atoms with Crippen LogP contribution < -0.4 is 10.1 Å². The summed E-state index contributed by atoms with van der Waals surface area (Å²) in [6.07, 6.45) is 0.827. The number of rotatable bonds is 6. The molecular weight excluding hydrogens is 309 g/mol. The molecule has 2 rings (SSSR count). The van der Waals surface area contributed by atoms with Gasteiger partial charge in [0.15, 0.2) is 0 Å². The van der Waals surface area contributed by atoms with Gasteiger partial charge in [0.25, 0.3) is 0 Å². The fraction of sp³-hybridized carbons (Fsp3) is 0.400. The van der Waals surface area contributed by atoms with Gasteiger partial charge in [-0.05, 0) is 25.5 Å². The molecule has 0 bridgehead atoms. The SMILES string of the molecule is CCc1nn(CC)c(CNc2ccc(Cl)c(OC)c2)c1Cl. The summed E-state index contributed by atoms with van der Waals surface area (Å²) in [6, 6.07) is 5.58. The van der Waals surface area contributed by atoms with Crippen LogP contribution in [0.4, 0.5) is 5.69 Å². The van der Waals surface area contributed by atoms with Gasteiger partial charge in [-0.25, -0.2) is 0 Å². The van der Waals surface area contributed by atoms with Crippen molar-refractivity contribution in [1.29, 1.82) is 0 Å². The minimum atomic E-state index is 0.591. The molecule has 0 saturated carbocycles. The Morgan fingerprint density at radius 3 is 2.67 bits per heavy atom. The van der Waals surface area contributed by atoms with Gasteiger partial charge in [0.05, 0.1) is 35.1 Å². The van der Waals surface area contributed by atoms with Crippen molar-refractivity contribution in [3.63, 3.8) is 0 Å². The van der Waals surface area contributed by atoms with E-state index in [-0.39, 0.29) is 0 Å². The lowest BCUT2D eigenvalue weighted by Crippen LogP contribution is -2.08. The molecule has 4 nitrogen and oxygen atoms in total. The van der Waals surface area contributed by atoms with Crippen LogP contribution in [-0.2, 0) is 19.5 Å². The summed E-state index contributed by atoms with van der Waals surface area (Å²) in [4.78, 5) is 0. The van der Waals surface area contributed by atoms with E-state index in [1.54, 1.807) is 13.2 Å². The maximum Gasteiger partial charge on any atom is 0.139 e. The van der Waals surface area contributed by atoms with Crippen LogP contribution in [0.25, 0.3) is 0 Å². The third-order valence-corrected chi connectivity index (χ3v) is 4.05. The van der Waals surface area contributed by atoms with E-state index in [1.807, 2.05) is 16.8 Å². The van der Waals surface area contributed by atoms with Gasteiger partial charge in [-0.1, -0.05) is 30.1 Å². The minimum Gasteiger partial charge on any atom is -0.495 e. The Morgan fingerprint density at radius 2 is 2.05 bits per heavy atom. The molecule has 0 amide bonds. The van der Waals surface area contributed by atoms with Gasteiger partial charge in [-0.15, -0.1) is 0 Å². The lowest BCUT2D eigenvalue weighted by Gasteiger charge is -2.10. The van der Waals surface area contributed by atoms with E-state index in [4.69, 9.17) is 27.9 Å². The molecule has 21 heavy (non-hydrogen) atoms. The normalized spacial score (nSPS) is 10.7. The number of anilines is 1. The largest absolute Gasteiger partial charge is 0.495 e. The van der Waals surface area contributed by atoms with Gasteiger partial charge in [-0.2, -0.15) is 5.10 Å². The smallest absolute Gasteiger partial charge is 0.139 e. The molecular formula is C15H19Cl2N3O. The molecule has 0 atom stereocenters. The Kier molecular flexibility index (Phi) is 5.37. The van der Waals surface area contributed by atoms with Crippen molar-refractivity contribution in [2.24, 2.45) is 0 Å². The molecule has 114 valence electrons.